The molecule has 0 aliphatic carbocycles. The van der Waals surface area contributed by atoms with Crippen LogP contribution in [0.4, 0.5) is 0 Å². The molecule has 0 fully saturated rings. The van der Waals surface area contributed by atoms with Crippen LogP contribution in [0.1, 0.15) is 39.2 Å². The maximum absolute atomic E-state index is 13.1. The van der Waals surface area contributed by atoms with Crippen molar-refractivity contribution >= 4 is 37.8 Å². The summed E-state index contributed by atoms with van der Waals surface area (Å²) in [5.41, 5.74) is 0.894. The lowest BCUT2D eigenvalue weighted by Gasteiger charge is -2.29. The second-order valence-electron chi connectivity index (χ2n) is 8.23. The minimum absolute atomic E-state index is 0.0420. The van der Waals surface area contributed by atoms with Crippen LogP contribution < -0.4 is 5.32 Å². The molecule has 0 spiro atoms. The number of benzene rings is 2. The Morgan fingerprint density at radius 2 is 1.70 bits per heavy atom. The normalized spacial score (nSPS) is 12.6. The van der Waals surface area contributed by atoms with Gasteiger partial charge in [0, 0.05) is 37.1 Å². The molecule has 2 rings (SSSR count). The summed E-state index contributed by atoms with van der Waals surface area (Å²) >= 11 is 3.44. The van der Waals surface area contributed by atoms with Crippen molar-refractivity contribution in [2.45, 2.75) is 57.1 Å². The second kappa shape index (κ2) is 12.3. The third-order valence-electron chi connectivity index (χ3n) is 5.16. The van der Waals surface area contributed by atoms with Crippen LogP contribution in [0.5, 0.6) is 0 Å². The van der Waals surface area contributed by atoms with Gasteiger partial charge in [0.1, 0.15) is 6.04 Å². The van der Waals surface area contributed by atoms with Gasteiger partial charge in [-0.3, -0.25) is 9.59 Å². The lowest BCUT2D eigenvalue weighted by Crippen LogP contribution is -2.49. The number of halogens is 1. The topological polar surface area (TPSA) is 86.8 Å². The van der Waals surface area contributed by atoms with E-state index in [0.717, 1.165) is 10.0 Å². The smallest absolute Gasteiger partial charge is 0.242 e. The van der Waals surface area contributed by atoms with Crippen LogP contribution in [0, 0.1) is 0 Å². The summed E-state index contributed by atoms with van der Waals surface area (Å²) in [7, 11) is -2.11. The highest BCUT2D eigenvalue weighted by Crippen LogP contribution is 2.18. The Balaban J connectivity index is 2.08. The lowest BCUT2D eigenvalue weighted by atomic mass is 10.1. The van der Waals surface area contributed by atoms with Crippen molar-refractivity contribution in [3.05, 3.63) is 64.6 Å². The van der Waals surface area contributed by atoms with Crippen molar-refractivity contribution < 1.29 is 18.0 Å². The predicted molar refractivity (Wildman–Crippen MR) is 133 cm³/mol. The number of carbonyl (C=O) groups is 2. The van der Waals surface area contributed by atoms with Gasteiger partial charge < -0.3 is 10.2 Å². The zero-order chi connectivity index (χ0) is 24.6. The minimum Gasteiger partial charge on any atom is -0.352 e. The highest BCUT2D eigenvalue weighted by molar-refractivity contribution is 9.10. The fourth-order valence-electron chi connectivity index (χ4n) is 3.31. The number of rotatable bonds is 11. The van der Waals surface area contributed by atoms with Crippen molar-refractivity contribution in [2.24, 2.45) is 0 Å². The molecule has 7 nitrogen and oxygen atoms in total. The molecule has 0 radical (unpaired) electrons. The van der Waals surface area contributed by atoms with E-state index in [9.17, 15) is 18.0 Å². The van der Waals surface area contributed by atoms with E-state index >= 15 is 0 Å². The average molecular weight is 539 g/mol. The number of nitrogens with one attached hydrogen (secondary N) is 1. The number of carbonyl (C=O) groups excluding carboxylic acids is 2. The fourth-order valence-corrected chi connectivity index (χ4v) is 4.99. The first-order valence-corrected chi connectivity index (χ1v) is 13.1. The van der Waals surface area contributed by atoms with E-state index in [1.807, 2.05) is 38.1 Å². The largest absolute Gasteiger partial charge is 0.352 e. The summed E-state index contributed by atoms with van der Waals surface area (Å²) in [6.45, 7) is 5.92. The number of nitrogens with zero attached hydrogens (tertiary/aromatic N) is 2. The van der Waals surface area contributed by atoms with Gasteiger partial charge in [0.2, 0.25) is 21.8 Å². The Morgan fingerprint density at radius 1 is 1.03 bits per heavy atom. The zero-order valence-corrected chi connectivity index (χ0v) is 21.9. The molecular formula is C24H32BrN3O4S. The molecule has 2 aromatic carbocycles. The molecule has 0 saturated heterocycles. The van der Waals surface area contributed by atoms with E-state index in [-0.39, 0.29) is 42.3 Å². The Labute approximate surface area is 205 Å². The summed E-state index contributed by atoms with van der Waals surface area (Å²) in [6, 6.07) is 15.1. The first-order chi connectivity index (χ1) is 15.5. The maximum atomic E-state index is 13.1. The van der Waals surface area contributed by atoms with Crippen LogP contribution >= 0.6 is 15.9 Å². The van der Waals surface area contributed by atoms with Gasteiger partial charge in [-0.2, -0.15) is 0 Å². The monoisotopic (exact) mass is 537 g/mol. The predicted octanol–water partition coefficient (Wildman–Crippen LogP) is 3.79. The molecule has 0 heterocycles. The molecule has 2 amide bonds. The molecule has 1 N–H and O–H groups in total. The Morgan fingerprint density at radius 3 is 2.30 bits per heavy atom. The van der Waals surface area contributed by atoms with Crippen LogP contribution in [0.2, 0.25) is 0 Å². The standard InChI is InChI=1S/C24H32BrN3O4S/c1-18(2)26-24(30)19(3)28(17-20-10-8-11-21(25)16-20)23(29)14-9-15-27(4)33(31,32)22-12-6-5-7-13-22/h5-8,10-13,16,18-19H,9,14-15,17H2,1-4H3,(H,26,30). The summed E-state index contributed by atoms with van der Waals surface area (Å²) in [6.07, 6.45) is 0.469. The van der Waals surface area contributed by atoms with Crippen LogP contribution in [-0.4, -0.2) is 55.1 Å². The third-order valence-corrected chi connectivity index (χ3v) is 7.52. The molecule has 0 aliphatic rings. The van der Waals surface area contributed by atoms with E-state index in [2.05, 4.69) is 21.2 Å². The number of amides is 2. The lowest BCUT2D eigenvalue weighted by molar-refractivity contribution is -0.140. The van der Waals surface area contributed by atoms with E-state index in [4.69, 9.17) is 0 Å². The van der Waals surface area contributed by atoms with Gasteiger partial charge in [-0.05, 0) is 57.0 Å². The van der Waals surface area contributed by atoms with Crippen molar-refractivity contribution in [3.63, 3.8) is 0 Å². The quantitative estimate of drug-likeness (QED) is 0.472. The van der Waals surface area contributed by atoms with Gasteiger partial charge in [-0.15, -0.1) is 0 Å². The van der Waals surface area contributed by atoms with E-state index in [1.54, 1.807) is 42.2 Å². The van der Waals surface area contributed by atoms with Crippen LogP contribution in [-0.2, 0) is 26.2 Å². The second-order valence-corrected chi connectivity index (χ2v) is 11.2. The molecule has 2 aromatic rings. The Bertz CT molecular complexity index is 1040. The van der Waals surface area contributed by atoms with Crippen molar-refractivity contribution in [1.29, 1.82) is 0 Å². The van der Waals surface area contributed by atoms with Gasteiger partial charge >= 0.3 is 0 Å². The molecular weight excluding hydrogens is 506 g/mol. The van der Waals surface area contributed by atoms with E-state index in [0.29, 0.717) is 6.42 Å². The number of hydrogen-bond acceptors (Lipinski definition) is 4. The van der Waals surface area contributed by atoms with E-state index < -0.39 is 16.1 Å². The third kappa shape index (κ3) is 7.94. The molecule has 0 saturated carbocycles. The maximum Gasteiger partial charge on any atom is 0.242 e. The Kier molecular flexibility index (Phi) is 10.1. The highest BCUT2D eigenvalue weighted by atomic mass is 79.9. The highest BCUT2D eigenvalue weighted by Gasteiger charge is 2.27. The Hall–Kier alpha value is -2.23. The summed E-state index contributed by atoms with van der Waals surface area (Å²) in [5.74, 6) is -0.427. The van der Waals surface area contributed by atoms with Gasteiger partial charge in [-0.25, -0.2) is 12.7 Å². The number of sulfonamides is 1. The van der Waals surface area contributed by atoms with Crippen molar-refractivity contribution in [1.82, 2.24) is 14.5 Å². The summed E-state index contributed by atoms with van der Waals surface area (Å²) < 4.78 is 27.5. The summed E-state index contributed by atoms with van der Waals surface area (Å²) in [5, 5.41) is 2.86. The average Bonchev–Trinajstić information content (AvgIpc) is 2.77. The van der Waals surface area contributed by atoms with Crippen LogP contribution in [0.3, 0.4) is 0 Å². The van der Waals surface area contributed by atoms with Gasteiger partial charge in [-0.1, -0.05) is 46.3 Å². The van der Waals surface area contributed by atoms with Crippen LogP contribution in [0.25, 0.3) is 0 Å². The molecule has 0 aromatic heterocycles. The van der Waals surface area contributed by atoms with Gasteiger partial charge in [0.05, 0.1) is 4.90 Å². The first-order valence-electron chi connectivity index (χ1n) is 10.9. The fraction of sp³-hybridized carbons (Fsp3) is 0.417. The molecule has 180 valence electrons. The molecule has 33 heavy (non-hydrogen) atoms. The SMILES string of the molecule is CC(C)NC(=O)C(C)N(Cc1cccc(Br)c1)C(=O)CCCN(C)S(=O)(=O)c1ccccc1. The van der Waals surface area contributed by atoms with Crippen molar-refractivity contribution in [3.8, 4) is 0 Å². The molecule has 1 unspecified atom stereocenters. The van der Waals surface area contributed by atoms with Crippen LogP contribution in [0.15, 0.2) is 64.0 Å². The number of hydrogen-bond donors (Lipinski definition) is 1. The molecule has 0 aliphatic heterocycles. The molecule has 9 heteroatoms. The zero-order valence-electron chi connectivity index (χ0n) is 19.5. The molecule has 0 bridgehead atoms. The minimum atomic E-state index is -3.61. The van der Waals surface area contributed by atoms with Gasteiger partial charge in [0.15, 0.2) is 0 Å². The summed E-state index contributed by atoms with van der Waals surface area (Å²) in [4.78, 5) is 27.5. The van der Waals surface area contributed by atoms with Gasteiger partial charge in [0.25, 0.3) is 0 Å². The first kappa shape index (κ1) is 27.0. The molecule has 1 atom stereocenters. The van der Waals surface area contributed by atoms with E-state index in [1.165, 1.54) is 11.4 Å². The van der Waals surface area contributed by atoms with Crippen molar-refractivity contribution in [2.75, 3.05) is 13.6 Å².